The molecule has 0 saturated heterocycles. The number of aromatic nitrogens is 3. The van der Waals surface area contributed by atoms with Gasteiger partial charge in [-0.15, -0.1) is 11.8 Å². The number of imidazole rings is 1. The van der Waals surface area contributed by atoms with Crippen LogP contribution >= 0.6 is 35.0 Å². The Morgan fingerprint density at radius 3 is 2.53 bits per heavy atom. The summed E-state index contributed by atoms with van der Waals surface area (Å²) in [5, 5.41) is 10.00. The summed E-state index contributed by atoms with van der Waals surface area (Å²) in [6, 6.07) is 15.4. The summed E-state index contributed by atoms with van der Waals surface area (Å²) in [6.45, 7) is 3.54. The van der Waals surface area contributed by atoms with E-state index in [0.717, 1.165) is 22.2 Å². The van der Waals surface area contributed by atoms with Crippen molar-refractivity contribution in [2.45, 2.75) is 4.90 Å². The molecule has 3 aromatic rings. The van der Waals surface area contributed by atoms with Gasteiger partial charge in [-0.2, -0.15) is 5.26 Å². The Balaban J connectivity index is 0.000000297. The number of thioether (sulfide) groups is 1. The highest BCUT2D eigenvalue weighted by Crippen LogP contribution is 2.18. The van der Waals surface area contributed by atoms with E-state index in [4.69, 9.17) is 28.5 Å². The fourth-order valence-corrected chi connectivity index (χ4v) is 3.04. The number of aryl methyl sites for hydroxylation is 1. The summed E-state index contributed by atoms with van der Waals surface area (Å²) < 4.78 is 1.89. The van der Waals surface area contributed by atoms with Gasteiger partial charge in [0.1, 0.15) is 11.8 Å². The monoisotopic (exact) mass is 454 g/mol. The molecule has 152 valence electrons. The molecule has 0 saturated carbocycles. The Morgan fingerprint density at radius 1 is 1.23 bits per heavy atom. The molecule has 0 N–H and O–H groups in total. The van der Waals surface area contributed by atoms with E-state index >= 15 is 0 Å². The van der Waals surface area contributed by atoms with E-state index in [0.29, 0.717) is 10.6 Å². The quantitative estimate of drug-likeness (QED) is 0.242. The molecule has 0 radical (unpaired) electrons. The molecule has 0 aliphatic rings. The molecule has 7 heteroatoms. The standard InChI is InChI=1S/C16H13ClN4.C7H7ClS/c1-3-12(10-18)14(17)8-7-13-11-21(2)16(20-13)15-6-4-5-9-19-15;1-9-7-4-2-6(8)3-5-7/h3-9,11H,1H2,2H3;2-5H,1H3/b8-7+,14-12-;. The Labute approximate surface area is 191 Å². The van der Waals surface area contributed by atoms with Crippen molar-refractivity contribution in [1.82, 2.24) is 14.5 Å². The molecular formula is C23H20Cl2N4S. The highest BCUT2D eigenvalue weighted by molar-refractivity contribution is 7.98. The second-order valence-electron chi connectivity index (χ2n) is 5.88. The number of halogens is 2. The smallest absolute Gasteiger partial charge is 0.159 e. The lowest BCUT2D eigenvalue weighted by molar-refractivity contribution is 0.917. The Bertz CT molecular complexity index is 1080. The molecule has 0 unspecified atom stereocenters. The maximum Gasteiger partial charge on any atom is 0.159 e. The van der Waals surface area contributed by atoms with E-state index in [-0.39, 0.29) is 0 Å². The fraction of sp³-hybridized carbons (Fsp3) is 0.0870. The minimum absolute atomic E-state index is 0.328. The second-order valence-corrected chi connectivity index (χ2v) is 7.61. The van der Waals surface area contributed by atoms with Crippen molar-refractivity contribution in [3.8, 4) is 17.6 Å². The van der Waals surface area contributed by atoms with Gasteiger partial charge in [-0.3, -0.25) is 4.98 Å². The van der Waals surface area contributed by atoms with E-state index in [9.17, 15) is 0 Å². The van der Waals surface area contributed by atoms with Gasteiger partial charge in [0, 0.05) is 29.4 Å². The normalized spacial score (nSPS) is 11.3. The van der Waals surface area contributed by atoms with Gasteiger partial charge in [-0.05, 0) is 54.8 Å². The van der Waals surface area contributed by atoms with Gasteiger partial charge in [-0.1, -0.05) is 41.9 Å². The van der Waals surface area contributed by atoms with Crippen LogP contribution in [0.4, 0.5) is 0 Å². The van der Waals surface area contributed by atoms with Crippen molar-refractivity contribution in [3.63, 3.8) is 0 Å². The molecular weight excluding hydrogens is 435 g/mol. The number of rotatable bonds is 5. The van der Waals surface area contributed by atoms with Crippen molar-refractivity contribution in [3.05, 3.63) is 94.9 Å². The van der Waals surface area contributed by atoms with Crippen molar-refractivity contribution in [2.75, 3.05) is 6.26 Å². The van der Waals surface area contributed by atoms with E-state index in [1.165, 1.54) is 11.0 Å². The first-order chi connectivity index (χ1) is 14.5. The van der Waals surface area contributed by atoms with Gasteiger partial charge >= 0.3 is 0 Å². The molecule has 3 rings (SSSR count). The van der Waals surface area contributed by atoms with Crippen molar-refractivity contribution in [1.29, 1.82) is 5.26 Å². The zero-order chi connectivity index (χ0) is 21.9. The molecule has 0 aliphatic carbocycles. The number of hydrogen-bond donors (Lipinski definition) is 0. The molecule has 4 nitrogen and oxygen atoms in total. The van der Waals surface area contributed by atoms with Crippen LogP contribution in [-0.4, -0.2) is 20.8 Å². The maximum atomic E-state index is 8.87. The van der Waals surface area contributed by atoms with Crippen LogP contribution in [0.25, 0.3) is 17.6 Å². The van der Waals surface area contributed by atoms with E-state index in [1.807, 2.05) is 72.6 Å². The molecule has 1 aromatic carbocycles. The van der Waals surface area contributed by atoms with Gasteiger partial charge in [0.05, 0.1) is 16.3 Å². The highest BCUT2D eigenvalue weighted by atomic mass is 35.5. The number of pyridine rings is 1. The largest absolute Gasteiger partial charge is 0.332 e. The first-order valence-electron chi connectivity index (χ1n) is 8.83. The van der Waals surface area contributed by atoms with Gasteiger partial charge in [0.15, 0.2) is 5.82 Å². The number of allylic oxidation sites excluding steroid dienone is 4. The van der Waals surface area contributed by atoms with Gasteiger partial charge in [0.2, 0.25) is 0 Å². The average molecular weight is 455 g/mol. The van der Waals surface area contributed by atoms with E-state index in [2.05, 4.69) is 16.5 Å². The molecule has 2 aromatic heterocycles. The van der Waals surface area contributed by atoms with E-state index in [1.54, 1.807) is 30.1 Å². The zero-order valence-corrected chi connectivity index (χ0v) is 18.9. The molecule has 0 bridgehead atoms. The van der Waals surface area contributed by atoms with Gasteiger partial charge < -0.3 is 4.57 Å². The summed E-state index contributed by atoms with van der Waals surface area (Å²) in [5.41, 5.74) is 1.86. The van der Waals surface area contributed by atoms with Gasteiger partial charge in [-0.25, -0.2) is 4.98 Å². The first kappa shape index (κ1) is 23.5. The molecule has 0 aliphatic heterocycles. The molecule has 2 heterocycles. The van der Waals surface area contributed by atoms with Crippen molar-refractivity contribution < 1.29 is 0 Å². The molecule has 0 fully saturated rings. The van der Waals surface area contributed by atoms with E-state index < -0.39 is 0 Å². The Kier molecular flexibility index (Phi) is 9.43. The van der Waals surface area contributed by atoms with Crippen LogP contribution in [0, 0.1) is 11.3 Å². The Hall–Kier alpha value is -2.78. The minimum atomic E-state index is 0.328. The molecule has 0 amide bonds. The Morgan fingerprint density at radius 2 is 1.97 bits per heavy atom. The van der Waals surface area contributed by atoms with Crippen LogP contribution in [0.3, 0.4) is 0 Å². The molecule has 0 spiro atoms. The summed E-state index contributed by atoms with van der Waals surface area (Å²) in [4.78, 5) is 10.0. The predicted octanol–water partition coefficient (Wildman–Crippen LogP) is 6.76. The first-order valence-corrected chi connectivity index (χ1v) is 10.8. The van der Waals surface area contributed by atoms with Crippen LogP contribution in [0.5, 0.6) is 0 Å². The third-order valence-electron chi connectivity index (χ3n) is 3.82. The fourth-order valence-electron chi connectivity index (χ4n) is 2.32. The number of benzene rings is 1. The van der Waals surface area contributed by atoms with Crippen molar-refractivity contribution >= 4 is 41.0 Å². The second kappa shape index (κ2) is 12.0. The number of nitriles is 1. The van der Waals surface area contributed by atoms with Crippen LogP contribution < -0.4 is 0 Å². The van der Waals surface area contributed by atoms with Crippen LogP contribution in [0.2, 0.25) is 5.02 Å². The van der Waals surface area contributed by atoms with Crippen LogP contribution in [-0.2, 0) is 7.05 Å². The lowest BCUT2D eigenvalue weighted by atomic mass is 10.2. The topological polar surface area (TPSA) is 54.5 Å². The van der Waals surface area contributed by atoms with Gasteiger partial charge in [0.25, 0.3) is 0 Å². The highest BCUT2D eigenvalue weighted by Gasteiger charge is 2.07. The number of nitrogens with zero attached hydrogens (tertiary/aromatic N) is 4. The van der Waals surface area contributed by atoms with Crippen molar-refractivity contribution in [2.24, 2.45) is 7.05 Å². The zero-order valence-electron chi connectivity index (χ0n) is 16.6. The van der Waals surface area contributed by atoms with Crippen LogP contribution in [0.15, 0.2) is 89.1 Å². The average Bonchev–Trinajstić information content (AvgIpc) is 3.15. The lowest BCUT2D eigenvalue weighted by Gasteiger charge is -1.98. The molecule has 30 heavy (non-hydrogen) atoms. The third kappa shape index (κ3) is 6.93. The summed E-state index contributed by atoms with van der Waals surface area (Å²) >= 11 is 13.4. The summed E-state index contributed by atoms with van der Waals surface area (Å²) in [6.07, 6.45) is 10.4. The summed E-state index contributed by atoms with van der Waals surface area (Å²) in [7, 11) is 1.90. The maximum absolute atomic E-state index is 8.87. The third-order valence-corrected chi connectivity index (χ3v) is 5.15. The lowest BCUT2D eigenvalue weighted by Crippen LogP contribution is -1.92. The summed E-state index contributed by atoms with van der Waals surface area (Å²) in [5.74, 6) is 0.763. The minimum Gasteiger partial charge on any atom is -0.332 e. The SMILES string of the molecule is C=C/C(C#N)=C(Cl)\C=C\c1cn(C)c(-c2ccccn2)n1.CSc1ccc(Cl)cc1. The van der Waals surface area contributed by atoms with Crippen LogP contribution in [0.1, 0.15) is 5.69 Å². The predicted molar refractivity (Wildman–Crippen MR) is 127 cm³/mol. The number of hydrogen-bond acceptors (Lipinski definition) is 4. The molecule has 0 atom stereocenters.